The summed E-state index contributed by atoms with van der Waals surface area (Å²) in [6, 6.07) is 0. The van der Waals surface area contributed by atoms with E-state index in [0.29, 0.717) is 44.4 Å². The molecule has 11 nitrogen and oxygen atoms in total. The van der Waals surface area contributed by atoms with Crippen LogP contribution in [0.2, 0.25) is 0 Å². The van der Waals surface area contributed by atoms with Crippen molar-refractivity contribution in [1.82, 2.24) is 0 Å². The Bertz CT molecular complexity index is 1360. The van der Waals surface area contributed by atoms with Crippen LogP contribution < -0.4 is 0 Å². The Morgan fingerprint density at radius 1 is 0.745 bits per heavy atom. The van der Waals surface area contributed by atoms with Crippen LogP contribution in [0.5, 0.6) is 0 Å². The Labute approximate surface area is 301 Å². The molecule has 19 atom stereocenters. The number of carbonyl (C=O) groups is 1. The normalized spacial score (nSPS) is 53.2. The van der Waals surface area contributed by atoms with Crippen LogP contribution in [0.15, 0.2) is 24.3 Å². The predicted octanol–water partition coefficient (Wildman–Crippen LogP) is 4.09. The molecule has 10 aliphatic heterocycles. The minimum Gasteiger partial charge on any atom is -0.394 e. The molecule has 12 bridgehead atoms. The summed E-state index contributed by atoms with van der Waals surface area (Å²) in [5.74, 6) is -0.367. The van der Waals surface area contributed by atoms with Gasteiger partial charge in [0.25, 0.3) is 0 Å². The first-order valence-electron chi connectivity index (χ1n) is 20.0. The standard InChI is InChI=1S/C40H58O11/c1-19-11-25-5-7-29-20(2)12-27(44-29)9-10-40-17-34-36(50-40)37-38(49-34)39(51-40)35-30(48-37)8-6-26(46-35)13-23(42)14-28-22(4)31(15-24(43)18-41)47-33(28)16-32(45-25)21(19)3/h19,22,24-39,41,43H,2-3,5-18H2,1,4H3/t19-,22-,24+,25+,26?,27+,28-,29?,30+,31-,32?,33+,34-,35+,36?,37+,38-,39+,40+/m1/s1. The predicted molar refractivity (Wildman–Crippen MR) is 183 cm³/mol. The zero-order chi connectivity index (χ0) is 35.2. The first kappa shape index (κ1) is 35.5. The maximum absolute atomic E-state index is 14.0. The maximum atomic E-state index is 14.0. The van der Waals surface area contributed by atoms with Crippen LogP contribution in [0.3, 0.4) is 0 Å². The molecular weight excluding hydrogens is 656 g/mol. The lowest BCUT2D eigenvalue weighted by Crippen LogP contribution is -2.61. The van der Waals surface area contributed by atoms with Crippen LogP contribution in [0.4, 0.5) is 0 Å². The van der Waals surface area contributed by atoms with Crippen LogP contribution >= 0.6 is 0 Å². The molecule has 0 aromatic heterocycles. The van der Waals surface area contributed by atoms with E-state index in [1.165, 1.54) is 0 Å². The molecule has 0 aromatic rings. The third-order valence-corrected chi connectivity index (χ3v) is 14.1. The smallest absolute Gasteiger partial charge is 0.172 e. The zero-order valence-corrected chi connectivity index (χ0v) is 30.3. The van der Waals surface area contributed by atoms with Gasteiger partial charge in [0.15, 0.2) is 5.79 Å². The van der Waals surface area contributed by atoms with E-state index in [1.54, 1.807) is 0 Å². The molecule has 10 aliphatic rings. The molecule has 1 spiro atoms. The molecule has 51 heavy (non-hydrogen) atoms. The highest BCUT2D eigenvalue weighted by Gasteiger charge is 2.68. The van der Waals surface area contributed by atoms with Gasteiger partial charge in [0, 0.05) is 38.5 Å². The quantitative estimate of drug-likeness (QED) is 0.410. The van der Waals surface area contributed by atoms with Crippen molar-refractivity contribution in [2.24, 2.45) is 17.8 Å². The topological polar surface area (TPSA) is 131 Å². The second-order valence-electron chi connectivity index (χ2n) is 17.5. The van der Waals surface area contributed by atoms with E-state index < -0.39 is 11.9 Å². The minimum absolute atomic E-state index is 0.00894. The Balaban J connectivity index is 0.986. The highest BCUT2D eigenvalue weighted by atomic mass is 16.8. The number of hydrogen-bond acceptors (Lipinski definition) is 11. The second kappa shape index (κ2) is 13.8. The molecule has 0 amide bonds. The van der Waals surface area contributed by atoms with Crippen LogP contribution in [0, 0.1) is 17.8 Å². The van der Waals surface area contributed by atoms with Crippen molar-refractivity contribution in [3.8, 4) is 0 Å². The van der Waals surface area contributed by atoms with E-state index in [1.807, 2.05) is 0 Å². The largest absolute Gasteiger partial charge is 0.394 e. The minimum atomic E-state index is -0.872. The van der Waals surface area contributed by atoms with Crippen molar-refractivity contribution in [1.29, 1.82) is 0 Å². The summed E-state index contributed by atoms with van der Waals surface area (Å²) in [4.78, 5) is 14.0. The van der Waals surface area contributed by atoms with E-state index in [0.717, 1.165) is 56.1 Å². The van der Waals surface area contributed by atoms with E-state index in [9.17, 15) is 15.0 Å². The summed E-state index contributed by atoms with van der Waals surface area (Å²) in [6.45, 7) is 12.9. The number of ketones is 1. The van der Waals surface area contributed by atoms with Crippen molar-refractivity contribution in [2.75, 3.05) is 6.61 Å². The fraction of sp³-hybridized carbons (Fsp3) is 0.875. The first-order chi connectivity index (χ1) is 24.6. The number of aliphatic hydroxyl groups excluding tert-OH is 2. The summed E-state index contributed by atoms with van der Waals surface area (Å²) in [6.07, 6.45) is 5.65. The number of hydrogen-bond donors (Lipinski definition) is 2. The molecule has 0 aromatic carbocycles. The van der Waals surface area contributed by atoms with Gasteiger partial charge in [-0.05, 0) is 73.8 Å². The van der Waals surface area contributed by atoms with E-state index in [-0.39, 0.29) is 110 Å². The van der Waals surface area contributed by atoms with Crippen molar-refractivity contribution >= 4 is 5.78 Å². The van der Waals surface area contributed by atoms with Gasteiger partial charge in [-0.25, -0.2) is 0 Å². The number of aliphatic hydroxyl groups is 2. The molecule has 0 saturated carbocycles. The molecule has 10 heterocycles. The fourth-order valence-corrected chi connectivity index (χ4v) is 11.3. The monoisotopic (exact) mass is 714 g/mol. The van der Waals surface area contributed by atoms with Gasteiger partial charge in [0.2, 0.25) is 0 Å². The van der Waals surface area contributed by atoms with E-state index in [2.05, 4.69) is 27.0 Å². The number of ether oxygens (including phenoxy) is 8. The molecule has 10 rings (SSSR count). The van der Waals surface area contributed by atoms with Crippen LogP contribution in [-0.2, 0) is 42.7 Å². The van der Waals surface area contributed by atoms with Gasteiger partial charge in [-0.3, -0.25) is 4.79 Å². The summed E-state index contributed by atoms with van der Waals surface area (Å²) >= 11 is 0. The Morgan fingerprint density at radius 3 is 2.33 bits per heavy atom. The van der Waals surface area contributed by atoms with Crippen LogP contribution in [-0.4, -0.2) is 120 Å². The molecule has 11 heteroatoms. The molecule has 2 N–H and O–H groups in total. The highest BCUT2D eigenvalue weighted by Crippen LogP contribution is 2.54. The Morgan fingerprint density at radius 2 is 1.49 bits per heavy atom. The van der Waals surface area contributed by atoms with E-state index >= 15 is 0 Å². The van der Waals surface area contributed by atoms with Gasteiger partial charge in [-0.1, -0.05) is 27.0 Å². The molecular formula is C40H58O11. The summed E-state index contributed by atoms with van der Waals surface area (Å²) < 4.78 is 53.9. The first-order valence-corrected chi connectivity index (χ1v) is 20.0. The van der Waals surface area contributed by atoms with Crippen LogP contribution in [0.1, 0.15) is 97.3 Å². The average molecular weight is 715 g/mol. The zero-order valence-electron chi connectivity index (χ0n) is 30.3. The van der Waals surface area contributed by atoms with Crippen molar-refractivity contribution in [3.05, 3.63) is 24.3 Å². The molecule has 284 valence electrons. The Kier molecular flexibility index (Phi) is 9.59. The molecule has 4 unspecified atom stereocenters. The lowest BCUT2D eigenvalue weighted by atomic mass is 9.79. The number of carbonyl (C=O) groups excluding carboxylic acids is 1. The van der Waals surface area contributed by atoms with Crippen molar-refractivity contribution in [2.45, 2.75) is 195 Å². The second-order valence-corrected chi connectivity index (χ2v) is 17.5. The summed E-state index contributed by atoms with van der Waals surface area (Å²) in [7, 11) is 0. The Hall–Kier alpha value is -1.25. The molecule has 0 aliphatic carbocycles. The summed E-state index contributed by atoms with van der Waals surface area (Å²) in [5, 5.41) is 20.0. The average Bonchev–Trinajstić information content (AvgIpc) is 3.77. The van der Waals surface area contributed by atoms with Gasteiger partial charge >= 0.3 is 0 Å². The lowest BCUT2D eigenvalue weighted by molar-refractivity contribution is -0.292. The third kappa shape index (κ3) is 6.53. The third-order valence-electron chi connectivity index (χ3n) is 14.1. The van der Waals surface area contributed by atoms with E-state index in [4.69, 9.17) is 37.9 Å². The number of fused-ring (bicyclic) bond motifs is 6. The van der Waals surface area contributed by atoms with Gasteiger partial charge in [0.05, 0.1) is 67.6 Å². The molecule has 10 saturated heterocycles. The molecule has 0 radical (unpaired) electrons. The van der Waals surface area contributed by atoms with Gasteiger partial charge in [0.1, 0.15) is 36.3 Å². The maximum Gasteiger partial charge on any atom is 0.172 e. The van der Waals surface area contributed by atoms with Gasteiger partial charge in [-0.15, -0.1) is 0 Å². The summed E-state index contributed by atoms with van der Waals surface area (Å²) in [5.41, 5.74) is 2.22. The fourth-order valence-electron chi connectivity index (χ4n) is 11.3. The van der Waals surface area contributed by atoms with Crippen molar-refractivity contribution < 1.29 is 52.9 Å². The van der Waals surface area contributed by atoms with Crippen molar-refractivity contribution in [3.63, 3.8) is 0 Å². The van der Waals surface area contributed by atoms with Gasteiger partial charge in [-0.2, -0.15) is 0 Å². The number of Topliss-reactive ketones (excluding diaryl/α,β-unsaturated/α-hetero) is 1. The number of rotatable bonds is 3. The van der Waals surface area contributed by atoms with Crippen LogP contribution in [0.25, 0.3) is 0 Å². The molecule has 10 fully saturated rings. The SMILES string of the molecule is C=C1C[C@@H]2CC[C@@]34C[C@H]5O[C@H]6[C@@H](O3)[C@H]3OC(CC[C@@H]3O[C@H]6C5O4)CC(=O)C[C@@H]3[C@@H](C)[C@@H](C[C@H](O)CO)O[C@H]3CC3O[C@@H](CCC1O2)C[C@@H](C)C3=C. The highest BCUT2D eigenvalue weighted by molar-refractivity contribution is 5.79. The lowest BCUT2D eigenvalue weighted by Gasteiger charge is -2.47. The van der Waals surface area contributed by atoms with Gasteiger partial charge < -0.3 is 48.1 Å².